The Morgan fingerprint density at radius 2 is 1.96 bits per heavy atom. The first-order valence-electron chi connectivity index (χ1n) is 9.15. The molecule has 0 unspecified atom stereocenters. The van der Waals surface area contributed by atoms with Crippen molar-refractivity contribution in [1.82, 2.24) is 15.5 Å². The van der Waals surface area contributed by atoms with Crippen molar-refractivity contribution in [3.63, 3.8) is 0 Å². The number of carbonyl (C=O) groups excluding carboxylic acids is 2. The predicted molar refractivity (Wildman–Crippen MR) is 101 cm³/mol. The van der Waals surface area contributed by atoms with Crippen molar-refractivity contribution in [2.45, 2.75) is 38.1 Å². The van der Waals surface area contributed by atoms with Crippen LogP contribution in [0.2, 0.25) is 5.02 Å². The molecule has 1 aromatic rings. The highest BCUT2D eigenvalue weighted by Gasteiger charge is 2.40. The van der Waals surface area contributed by atoms with Crippen LogP contribution in [0.3, 0.4) is 0 Å². The molecule has 0 radical (unpaired) electrons. The van der Waals surface area contributed by atoms with Crippen molar-refractivity contribution in [3.8, 4) is 0 Å². The van der Waals surface area contributed by atoms with Gasteiger partial charge in [-0.1, -0.05) is 35.4 Å². The molecule has 6 heteroatoms. The number of amides is 3. The molecule has 0 aromatic heterocycles. The second-order valence-corrected chi connectivity index (χ2v) is 7.50. The zero-order valence-corrected chi connectivity index (χ0v) is 15.3. The molecule has 0 fully saturated rings. The van der Waals surface area contributed by atoms with Gasteiger partial charge in [0, 0.05) is 11.6 Å². The lowest BCUT2D eigenvalue weighted by Crippen LogP contribution is -2.44. The molecule has 136 valence electrons. The van der Waals surface area contributed by atoms with E-state index in [1.54, 1.807) is 12.1 Å². The third-order valence-corrected chi connectivity index (χ3v) is 5.56. The third-order valence-electron chi connectivity index (χ3n) is 5.31. The van der Waals surface area contributed by atoms with Gasteiger partial charge in [0.05, 0.1) is 23.9 Å². The zero-order chi connectivity index (χ0) is 18.1. The maximum atomic E-state index is 13.0. The summed E-state index contributed by atoms with van der Waals surface area (Å²) in [5.74, 6) is 0.00357. The number of benzene rings is 1. The molecule has 2 heterocycles. The summed E-state index contributed by atoms with van der Waals surface area (Å²) in [4.78, 5) is 26.9. The van der Waals surface area contributed by atoms with E-state index in [2.05, 4.69) is 16.7 Å². The fraction of sp³-hybridized carbons (Fsp3) is 0.400. The number of rotatable bonds is 4. The molecule has 0 saturated carbocycles. The molecule has 1 atom stereocenters. The van der Waals surface area contributed by atoms with Crippen LogP contribution in [-0.2, 0) is 4.79 Å². The van der Waals surface area contributed by atoms with Gasteiger partial charge >= 0.3 is 6.03 Å². The van der Waals surface area contributed by atoms with E-state index in [9.17, 15) is 9.59 Å². The van der Waals surface area contributed by atoms with Gasteiger partial charge < -0.3 is 15.5 Å². The van der Waals surface area contributed by atoms with E-state index in [4.69, 9.17) is 11.6 Å². The maximum absolute atomic E-state index is 13.0. The topological polar surface area (TPSA) is 61.4 Å². The molecule has 0 spiro atoms. The standard InChI is InChI=1S/C20H22ClN3O2/c21-15-8-6-14(7-9-15)18-17-16(22-20(26)23-18)12-24(19(17)25)11-10-13-4-2-1-3-5-13/h4,6-9,18H,1-3,5,10-12H2,(H2,22,23,26)/t18-/m1/s1. The van der Waals surface area contributed by atoms with Gasteiger partial charge in [0.2, 0.25) is 0 Å². The van der Waals surface area contributed by atoms with Crippen LogP contribution < -0.4 is 10.6 Å². The van der Waals surface area contributed by atoms with Gasteiger partial charge in [0.25, 0.3) is 5.91 Å². The number of carbonyl (C=O) groups is 2. The highest BCUT2D eigenvalue weighted by atomic mass is 35.5. The van der Waals surface area contributed by atoms with Crippen molar-refractivity contribution < 1.29 is 9.59 Å². The molecule has 5 nitrogen and oxygen atoms in total. The second-order valence-electron chi connectivity index (χ2n) is 7.06. The second kappa shape index (κ2) is 7.16. The molecule has 3 aliphatic rings. The van der Waals surface area contributed by atoms with Crippen LogP contribution in [0, 0.1) is 0 Å². The Hall–Kier alpha value is -2.27. The van der Waals surface area contributed by atoms with E-state index in [1.165, 1.54) is 18.4 Å². The van der Waals surface area contributed by atoms with Gasteiger partial charge in [-0.3, -0.25) is 4.79 Å². The summed E-state index contributed by atoms with van der Waals surface area (Å²) < 4.78 is 0. The van der Waals surface area contributed by atoms with Crippen LogP contribution in [-0.4, -0.2) is 29.9 Å². The Labute approximate surface area is 158 Å². The van der Waals surface area contributed by atoms with Gasteiger partial charge in [0.15, 0.2) is 0 Å². The fourth-order valence-electron chi connectivity index (χ4n) is 3.92. The normalized spacial score (nSPS) is 22.7. The van der Waals surface area contributed by atoms with Crippen LogP contribution in [0.15, 0.2) is 47.2 Å². The van der Waals surface area contributed by atoms with Crippen molar-refractivity contribution in [2.75, 3.05) is 13.1 Å². The fourth-order valence-corrected chi connectivity index (χ4v) is 4.05. The SMILES string of the molecule is O=C1NC2=C(C(=O)N(CCC3=CCCCC3)C2)[C@@H](c2ccc(Cl)cc2)N1. The summed E-state index contributed by atoms with van der Waals surface area (Å²) >= 11 is 5.97. The first-order valence-corrected chi connectivity index (χ1v) is 9.53. The average molecular weight is 372 g/mol. The lowest BCUT2D eigenvalue weighted by molar-refractivity contribution is -0.125. The Morgan fingerprint density at radius 1 is 1.15 bits per heavy atom. The Balaban J connectivity index is 1.52. The molecule has 2 aliphatic heterocycles. The van der Waals surface area contributed by atoms with Gasteiger partial charge in [-0.15, -0.1) is 0 Å². The van der Waals surface area contributed by atoms with Crippen molar-refractivity contribution in [3.05, 3.63) is 57.8 Å². The number of hydrogen-bond donors (Lipinski definition) is 2. The first kappa shape index (κ1) is 17.2. The van der Waals surface area contributed by atoms with Crippen LogP contribution in [0.1, 0.15) is 43.7 Å². The van der Waals surface area contributed by atoms with Crippen molar-refractivity contribution in [2.24, 2.45) is 0 Å². The minimum atomic E-state index is -0.428. The molecule has 0 bridgehead atoms. The van der Waals surface area contributed by atoms with Crippen LogP contribution in [0.4, 0.5) is 4.79 Å². The highest BCUT2D eigenvalue weighted by molar-refractivity contribution is 6.30. The number of urea groups is 1. The Kier molecular flexibility index (Phi) is 4.72. The van der Waals surface area contributed by atoms with Crippen molar-refractivity contribution in [1.29, 1.82) is 0 Å². The minimum absolute atomic E-state index is 0.00357. The molecule has 3 amide bonds. The molecule has 0 saturated heterocycles. The van der Waals surface area contributed by atoms with E-state index in [0.29, 0.717) is 23.7 Å². The largest absolute Gasteiger partial charge is 0.333 e. The van der Waals surface area contributed by atoms with Crippen molar-refractivity contribution >= 4 is 23.5 Å². The third kappa shape index (κ3) is 3.36. The number of nitrogens with zero attached hydrogens (tertiary/aromatic N) is 1. The monoisotopic (exact) mass is 371 g/mol. The van der Waals surface area contributed by atoms with E-state index >= 15 is 0 Å². The molecule has 26 heavy (non-hydrogen) atoms. The van der Waals surface area contributed by atoms with E-state index in [-0.39, 0.29) is 11.9 Å². The summed E-state index contributed by atoms with van der Waals surface area (Å²) in [6.45, 7) is 1.17. The summed E-state index contributed by atoms with van der Waals surface area (Å²) in [5, 5.41) is 6.31. The van der Waals surface area contributed by atoms with Gasteiger partial charge in [-0.2, -0.15) is 0 Å². The van der Waals surface area contributed by atoms with E-state index in [0.717, 1.165) is 30.5 Å². The number of halogens is 1. The van der Waals surface area contributed by atoms with Crippen LogP contribution in [0.25, 0.3) is 0 Å². The summed E-state index contributed by atoms with van der Waals surface area (Å²) in [6, 6.07) is 6.56. The van der Waals surface area contributed by atoms with Gasteiger partial charge in [-0.05, 0) is 49.8 Å². The van der Waals surface area contributed by atoms with Crippen LogP contribution in [0.5, 0.6) is 0 Å². The predicted octanol–water partition coefficient (Wildman–Crippen LogP) is 3.68. The highest BCUT2D eigenvalue weighted by Crippen LogP contribution is 2.33. The Morgan fingerprint density at radius 3 is 2.69 bits per heavy atom. The molecule has 1 aliphatic carbocycles. The van der Waals surface area contributed by atoms with Crippen LogP contribution >= 0.6 is 11.6 Å². The molecule has 2 N–H and O–H groups in total. The number of allylic oxidation sites excluding steroid dienone is 1. The van der Waals surface area contributed by atoms with Gasteiger partial charge in [-0.25, -0.2) is 4.79 Å². The molecular weight excluding hydrogens is 350 g/mol. The molecule has 1 aromatic carbocycles. The average Bonchev–Trinajstić information content (AvgIpc) is 2.96. The minimum Gasteiger partial charge on any atom is -0.333 e. The Bertz CT molecular complexity index is 798. The first-order chi connectivity index (χ1) is 12.6. The zero-order valence-electron chi connectivity index (χ0n) is 14.6. The lowest BCUT2D eigenvalue weighted by atomic mass is 9.96. The molecular formula is C20H22ClN3O2. The van der Waals surface area contributed by atoms with Gasteiger partial charge in [0.1, 0.15) is 0 Å². The lowest BCUT2D eigenvalue weighted by Gasteiger charge is -2.25. The smallest absolute Gasteiger partial charge is 0.319 e. The summed E-state index contributed by atoms with van der Waals surface area (Å²) in [7, 11) is 0. The number of hydrogen-bond acceptors (Lipinski definition) is 2. The van der Waals surface area contributed by atoms with E-state index < -0.39 is 6.04 Å². The summed E-state index contributed by atoms with van der Waals surface area (Å²) in [5.41, 5.74) is 3.67. The quantitative estimate of drug-likeness (QED) is 0.793. The molecule has 4 rings (SSSR count). The summed E-state index contributed by atoms with van der Waals surface area (Å²) in [6.07, 6.45) is 8.03. The number of nitrogens with one attached hydrogen (secondary N) is 2. The van der Waals surface area contributed by atoms with E-state index in [1.807, 2.05) is 17.0 Å². The maximum Gasteiger partial charge on any atom is 0.319 e.